The highest BCUT2D eigenvalue weighted by molar-refractivity contribution is 7.29. The zero-order valence-electron chi connectivity index (χ0n) is 12.1. The van der Waals surface area contributed by atoms with Gasteiger partial charge in [0, 0.05) is 0 Å². The molecule has 0 unspecified atom stereocenters. The second-order valence-corrected chi connectivity index (χ2v) is 8.01. The van der Waals surface area contributed by atoms with Crippen molar-refractivity contribution in [2.75, 3.05) is 0 Å². The van der Waals surface area contributed by atoms with Crippen LogP contribution in [0.3, 0.4) is 0 Å². The van der Waals surface area contributed by atoms with E-state index < -0.39 is 7.73 Å². The van der Waals surface area contributed by atoms with E-state index in [1.165, 1.54) is 0 Å². The second-order valence-electron chi connectivity index (χ2n) is 6.71. The van der Waals surface area contributed by atoms with Gasteiger partial charge >= 0.3 is 7.73 Å². The third-order valence-electron chi connectivity index (χ3n) is 2.95. The summed E-state index contributed by atoms with van der Waals surface area (Å²) >= 11 is 0. The number of nitrogens with zero attached hydrogens (tertiary/aromatic N) is 2. The van der Waals surface area contributed by atoms with Crippen LogP contribution in [0.2, 0.25) is 0 Å². The van der Waals surface area contributed by atoms with Crippen molar-refractivity contribution >= 4 is 18.8 Å². The number of hydrogen-bond acceptors (Lipinski definition) is 1. The van der Waals surface area contributed by atoms with Gasteiger partial charge in [-0.1, -0.05) is 12.1 Å². The third kappa shape index (κ3) is 2.01. The Balaban J connectivity index is 2.99. The van der Waals surface area contributed by atoms with E-state index in [2.05, 4.69) is 53.7 Å². The molecule has 0 aliphatic heterocycles. The highest BCUT2D eigenvalue weighted by Gasteiger charge is 2.36. The average Bonchev–Trinajstić information content (AvgIpc) is 2.47. The average molecular weight is 265 g/mol. The molecular weight excluding hydrogens is 243 g/mol. The van der Waals surface area contributed by atoms with E-state index in [-0.39, 0.29) is 11.1 Å². The monoisotopic (exact) mass is 265 g/mol. The molecule has 1 aromatic heterocycles. The van der Waals surface area contributed by atoms with Crippen molar-refractivity contribution in [2.24, 2.45) is 0 Å². The number of para-hydroxylation sites is 2. The first-order chi connectivity index (χ1) is 8.14. The van der Waals surface area contributed by atoms with Gasteiger partial charge in [0.15, 0.2) is 0 Å². The van der Waals surface area contributed by atoms with E-state index in [4.69, 9.17) is 0 Å². The van der Waals surface area contributed by atoms with Gasteiger partial charge in [0.2, 0.25) is 0 Å². The fourth-order valence-electron chi connectivity index (χ4n) is 2.33. The summed E-state index contributed by atoms with van der Waals surface area (Å²) in [5.74, 6) is 0. The standard InChI is InChI=1S/C14H22N2OP/c1-13(2,3)15-11-9-7-8-10-12(11)16(18(15)17)14(4,5)6/h7-10H,1-6H3/q+1. The molecule has 0 saturated carbocycles. The van der Waals surface area contributed by atoms with Crippen LogP contribution in [-0.2, 0) is 15.6 Å². The number of benzene rings is 1. The van der Waals surface area contributed by atoms with Crippen molar-refractivity contribution in [2.45, 2.75) is 52.6 Å². The van der Waals surface area contributed by atoms with Gasteiger partial charge in [-0.25, -0.2) is 0 Å². The van der Waals surface area contributed by atoms with Crippen LogP contribution in [0.4, 0.5) is 0 Å². The maximum absolute atomic E-state index is 12.9. The molecule has 4 heteroatoms. The Labute approximate surface area is 109 Å². The predicted octanol–water partition coefficient (Wildman–Crippen LogP) is 4.70. The van der Waals surface area contributed by atoms with E-state index >= 15 is 0 Å². The van der Waals surface area contributed by atoms with Crippen molar-refractivity contribution in [1.29, 1.82) is 0 Å². The smallest absolute Gasteiger partial charge is 0.137 e. The Bertz CT molecular complexity index is 584. The van der Waals surface area contributed by atoms with Crippen LogP contribution < -0.4 is 0 Å². The van der Waals surface area contributed by atoms with Crippen LogP contribution in [-0.4, -0.2) is 8.66 Å². The Kier molecular flexibility index (Phi) is 2.94. The minimum Gasteiger partial charge on any atom is -0.137 e. The van der Waals surface area contributed by atoms with Crippen molar-refractivity contribution in [3.05, 3.63) is 24.3 Å². The largest absolute Gasteiger partial charge is 0.596 e. The molecule has 3 nitrogen and oxygen atoms in total. The lowest BCUT2D eigenvalue weighted by molar-refractivity contribution is 0.411. The molecule has 2 rings (SSSR count). The molecule has 0 aliphatic carbocycles. The first kappa shape index (κ1) is 13.4. The molecule has 98 valence electrons. The Hall–Kier alpha value is -1.08. The summed E-state index contributed by atoms with van der Waals surface area (Å²) in [6, 6.07) is 8.12. The molecule has 0 radical (unpaired) electrons. The molecular formula is C14H22N2OP+. The molecule has 0 atom stereocenters. The summed E-state index contributed by atoms with van der Waals surface area (Å²) in [5.41, 5.74) is 1.84. The van der Waals surface area contributed by atoms with Gasteiger partial charge in [0.1, 0.15) is 11.0 Å². The lowest BCUT2D eigenvalue weighted by Crippen LogP contribution is -2.21. The molecule has 0 bridgehead atoms. The van der Waals surface area contributed by atoms with E-state index in [1.54, 1.807) is 0 Å². The van der Waals surface area contributed by atoms with E-state index in [9.17, 15) is 4.57 Å². The topological polar surface area (TPSA) is 26.9 Å². The molecule has 18 heavy (non-hydrogen) atoms. The minimum absolute atomic E-state index is 0.149. The lowest BCUT2D eigenvalue weighted by Gasteiger charge is -2.15. The highest BCUT2D eigenvalue weighted by atomic mass is 31.1. The number of fused-ring (bicyclic) bond motifs is 1. The first-order valence-corrected chi connectivity index (χ1v) is 7.47. The molecule has 0 N–H and O–H groups in total. The summed E-state index contributed by atoms with van der Waals surface area (Å²) in [6.07, 6.45) is 0. The molecule has 1 aromatic carbocycles. The van der Waals surface area contributed by atoms with Gasteiger partial charge in [0.05, 0.1) is 11.1 Å². The summed E-state index contributed by atoms with van der Waals surface area (Å²) < 4.78 is 16.9. The third-order valence-corrected chi connectivity index (χ3v) is 5.27. The molecule has 0 spiro atoms. The van der Waals surface area contributed by atoms with Crippen LogP contribution >= 0.6 is 7.73 Å². The van der Waals surface area contributed by atoms with E-state index in [0.717, 1.165) is 11.0 Å². The van der Waals surface area contributed by atoms with Crippen LogP contribution in [0, 0.1) is 0 Å². The SMILES string of the molecule is CC(C)(C)n1c2ccccc2n(C(C)(C)C)[p+]1=O. The zero-order valence-corrected chi connectivity index (χ0v) is 13.0. The molecule has 2 aromatic rings. The quantitative estimate of drug-likeness (QED) is 0.678. The molecule has 0 aliphatic rings. The fraction of sp³-hybridized carbons (Fsp3) is 0.571. The molecule has 1 heterocycles. The summed E-state index contributed by atoms with van der Waals surface area (Å²) in [6.45, 7) is 12.6. The predicted molar refractivity (Wildman–Crippen MR) is 77.5 cm³/mol. The zero-order chi connectivity index (χ0) is 13.7. The number of rotatable bonds is 0. The van der Waals surface area contributed by atoms with Gasteiger partial charge in [-0.05, 0) is 58.2 Å². The summed E-state index contributed by atoms with van der Waals surface area (Å²) in [4.78, 5) is 0. The van der Waals surface area contributed by atoms with Crippen LogP contribution in [0.15, 0.2) is 24.3 Å². The van der Waals surface area contributed by atoms with Gasteiger partial charge in [-0.3, -0.25) is 0 Å². The number of aromatic nitrogens is 2. The lowest BCUT2D eigenvalue weighted by atomic mass is 10.1. The molecule has 0 saturated heterocycles. The van der Waals surface area contributed by atoms with Gasteiger partial charge in [-0.15, -0.1) is 8.66 Å². The van der Waals surface area contributed by atoms with Crippen molar-refractivity contribution < 1.29 is 4.57 Å². The van der Waals surface area contributed by atoms with Crippen molar-refractivity contribution in [1.82, 2.24) is 8.66 Å². The van der Waals surface area contributed by atoms with Crippen LogP contribution in [0.25, 0.3) is 11.0 Å². The highest BCUT2D eigenvalue weighted by Crippen LogP contribution is 2.38. The summed E-state index contributed by atoms with van der Waals surface area (Å²) in [7, 11) is -1.58. The normalized spacial score (nSPS) is 13.2. The van der Waals surface area contributed by atoms with E-state index in [0.29, 0.717) is 0 Å². The Morgan fingerprint density at radius 2 is 1.17 bits per heavy atom. The van der Waals surface area contributed by atoms with Gasteiger partial charge in [0.25, 0.3) is 0 Å². The molecule has 0 fully saturated rings. The molecule has 0 amide bonds. The van der Waals surface area contributed by atoms with Gasteiger partial charge in [-0.2, -0.15) is 0 Å². The summed E-state index contributed by atoms with van der Waals surface area (Å²) in [5, 5.41) is 0. The van der Waals surface area contributed by atoms with E-state index in [1.807, 2.05) is 20.8 Å². The van der Waals surface area contributed by atoms with Crippen molar-refractivity contribution in [3.63, 3.8) is 0 Å². The Morgan fingerprint density at radius 3 is 1.44 bits per heavy atom. The van der Waals surface area contributed by atoms with Crippen LogP contribution in [0.1, 0.15) is 41.5 Å². The maximum atomic E-state index is 12.9. The van der Waals surface area contributed by atoms with Crippen LogP contribution in [0.5, 0.6) is 0 Å². The Morgan fingerprint density at radius 1 is 0.833 bits per heavy atom. The second kappa shape index (κ2) is 3.96. The minimum atomic E-state index is -1.58. The van der Waals surface area contributed by atoms with Gasteiger partial charge < -0.3 is 0 Å². The van der Waals surface area contributed by atoms with Crippen molar-refractivity contribution in [3.8, 4) is 0 Å². The maximum Gasteiger partial charge on any atom is 0.596 e. The fourth-order valence-corrected chi connectivity index (χ4v) is 4.24. The first-order valence-electron chi connectivity index (χ1n) is 6.30. The number of hydrogen-bond donors (Lipinski definition) is 0.